The number of nitriles is 1. The van der Waals surface area contributed by atoms with Gasteiger partial charge in [0, 0.05) is 10.5 Å². The van der Waals surface area contributed by atoms with Crippen LogP contribution in [0.2, 0.25) is 0 Å². The molecule has 0 amide bonds. The highest BCUT2D eigenvalue weighted by molar-refractivity contribution is 9.10. The zero-order valence-electron chi connectivity index (χ0n) is 11.2. The molecule has 0 aliphatic heterocycles. The SMILES string of the molecule is Cc1ccoc1/C=C(/C#N)S(=O)(=O)Cc1cccc(Br)c1. The third kappa shape index (κ3) is 3.84. The summed E-state index contributed by atoms with van der Waals surface area (Å²) < 4.78 is 30.6. The molecule has 0 bridgehead atoms. The largest absolute Gasteiger partial charge is 0.465 e. The highest BCUT2D eigenvalue weighted by Gasteiger charge is 2.19. The molecule has 0 spiro atoms. The number of rotatable bonds is 4. The first kappa shape index (κ1) is 15.5. The molecule has 1 aromatic carbocycles. The maximum Gasteiger partial charge on any atom is 0.192 e. The molecule has 0 saturated carbocycles. The molecule has 1 aromatic heterocycles. The van der Waals surface area contributed by atoms with E-state index in [1.807, 2.05) is 6.07 Å². The van der Waals surface area contributed by atoms with Gasteiger partial charge in [0.1, 0.15) is 16.7 Å². The van der Waals surface area contributed by atoms with Gasteiger partial charge in [-0.2, -0.15) is 5.26 Å². The van der Waals surface area contributed by atoms with Gasteiger partial charge in [0.2, 0.25) is 0 Å². The van der Waals surface area contributed by atoms with E-state index in [1.165, 1.54) is 12.3 Å². The molecule has 0 radical (unpaired) electrons. The smallest absolute Gasteiger partial charge is 0.192 e. The second-order valence-electron chi connectivity index (χ2n) is 4.48. The van der Waals surface area contributed by atoms with Crippen LogP contribution in [-0.4, -0.2) is 8.42 Å². The number of hydrogen-bond acceptors (Lipinski definition) is 4. The first-order chi connectivity index (χ1) is 9.92. The van der Waals surface area contributed by atoms with Crippen molar-refractivity contribution in [3.8, 4) is 6.07 Å². The number of nitrogens with zero attached hydrogens (tertiary/aromatic N) is 1. The number of aryl methyl sites for hydroxylation is 1. The van der Waals surface area contributed by atoms with Gasteiger partial charge in [0.25, 0.3) is 0 Å². The van der Waals surface area contributed by atoms with Crippen LogP contribution in [0.5, 0.6) is 0 Å². The Balaban J connectivity index is 2.35. The van der Waals surface area contributed by atoms with Crippen molar-refractivity contribution in [2.75, 3.05) is 0 Å². The minimum Gasteiger partial charge on any atom is -0.465 e. The fourth-order valence-electron chi connectivity index (χ4n) is 1.77. The fraction of sp³-hybridized carbons (Fsp3) is 0.133. The Hall–Kier alpha value is -1.84. The minimum absolute atomic E-state index is 0.231. The van der Waals surface area contributed by atoms with Crippen LogP contribution >= 0.6 is 15.9 Å². The lowest BCUT2D eigenvalue weighted by Gasteiger charge is -2.03. The van der Waals surface area contributed by atoms with E-state index in [2.05, 4.69) is 15.9 Å². The van der Waals surface area contributed by atoms with Crippen molar-refractivity contribution in [3.05, 3.63) is 62.9 Å². The molecule has 0 unspecified atom stereocenters. The summed E-state index contributed by atoms with van der Waals surface area (Å²) in [6, 6.07) is 10.4. The lowest BCUT2D eigenvalue weighted by Crippen LogP contribution is -2.06. The quantitative estimate of drug-likeness (QED) is 0.771. The monoisotopic (exact) mass is 365 g/mol. The summed E-state index contributed by atoms with van der Waals surface area (Å²) in [5.41, 5.74) is 1.39. The van der Waals surface area contributed by atoms with E-state index >= 15 is 0 Å². The Labute approximate surface area is 131 Å². The van der Waals surface area contributed by atoms with Crippen molar-refractivity contribution in [3.63, 3.8) is 0 Å². The first-order valence-corrected chi connectivity index (χ1v) is 8.50. The van der Waals surface area contributed by atoms with Crippen molar-refractivity contribution in [1.29, 1.82) is 5.26 Å². The predicted octanol–water partition coefficient (Wildman–Crippen LogP) is 3.83. The number of benzene rings is 1. The molecule has 2 rings (SSSR count). The van der Waals surface area contributed by atoms with Crippen LogP contribution in [0.25, 0.3) is 6.08 Å². The van der Waals surface area contributed by atoms with Crippen LogP contribution in [-0.2, 0) is 15.6 Å². The molecule has 0 N–H and O–H groups in total. The van der Waals surface area contributed by atoms with Crippen molar-refractivity contribution < 1.29 is 12.8 Å². The lowest BCUT2D eigenvalue weighted by atomic mass is 10.2. The van der Waals surface area contributed by atoms with Crippen LogP contribution in [0.3, 0.4) is 0 Å². The third-order valence-electron chi connectivity index (χ3n) is 2.85. The van der Waals surface area contributed by atoms with E-state index in [4.69, 9.17) is 9.68 Å². The van der Waals surface area contributed by atoms with Crippen LogP contribution < -0.4 is 0 Å². The first-order valence-electron chi connectivity index (χ1n) is 6.05. The van der Waals surface area contributed by atoms with Gasteiger partial charge >= 0.3 is 0 Å². The molecule has 0 atom stereocenters. The van der Waals surface area contributed by atoms with E-state index < -0.39 is 9.84 Å². The third-order valence-corrected chi connectivity index (χ3v) is 4.94. The van der Waals surface area contributed by atoms with Gasteiger partial charge < -0.3 is 4.42 Å². The van der Waals surface area contributed by atoms with Crippen molar-refractivity contribution in [1.82, 2.24) is 0 Å². The van der Waals surface area contributed by atoms with E-state index in [9.17, 15) is 8.42 Å². The normalized spacial score (nSPS) is 12.1. The van der Waals surface area contributed by atoms with E-state index in [1.54, 1.807) is 37.3 Å². The van der Waals surface area contributed by atoms with Crippen molar-refractivity contribution in [2.24, 2.45) is 0 Å². The summed E-state index contributed by atoms with van der Waals surface area (Å²) in [5, 5.41) is 9.14. The van der Waals surface area contributed by atoms with Gasteiger partial charge in [0.15, 0.2) is 9.84 Å². The Bertz CT molecular complexity index is 829. The Kier molecular flexibility index (Phi) is 4.66. The summed E-state index contributed by atoms with van der Waals surface area (Å²) >= 11 is 3.29. The van der Waals surface area contributed by atoms with Crippen LogP contribution in [0, 0.1) is 18.3 Å². The predicted molar refractivity (Wildman–Crippen MR) is 83.8 cm³/mol. The van der Waals surface area contributed by atoms with Crippen molar-refractivity contribution >= 4 is 31.8 Å². The van der Waals surface area contributed by atoms with Crippen LogP contribution in [0.15, 0.2) is 50.4 Å². The zero-order chi connectivity index (χ0) is 15.5. The molecule has 6 heteroatoms. The number of sulfone groups is 1. The molecule has 0 aliphatic rings. The molecule has 1 heterocycles. The lowest BCUT2D eigenvalue weighted by molar-refractivity contribution is 0.554. The van der Waals surface area contributed by atoms with E-state index in [0.717, 1.165) is 10.0 Å². The molecule has 21 heavy (non-hydrogen) atoms. The molecular weight excluding hydrogens is 354 g/mol. The molecule has 108 valence electrons. The van der Waals surface area contributed by atoms with Crippen LogP contribution in [0.4, 0.5) is 0 Å². The summed E-state index contributed by atoms with van der Waals surface area (Å²) in [6.45, 7) is 1.78. The number of halogens is 1. The van der Waals surface area contributed by atoms with Gasteiger partial charge in [-0.3, -0.25) is 0 Å². The van der Waals surface area contributed by atoms with Gasteiger partial charge in [-0.25, -0.2) is 8.42 Å². The highest BCUT2D eigenvalue weighted by atomic mass is 79.9. The number of hydrogen-bond donors (Lipinski definition) is 0. The Morgan fingerprint density at radius 2 is 2.19 bits per heavy atom. The molecule has 4 nitrogen and oxygen atoms in total. The van der Waals surface area contributed by atoms with Gasteiger partial charge in [0.05, 0.1) is 12.0 Å². The molecule has 0 fully saturated rings. The van der Waals surface area contributed by atoms with Gasteiger partial charge in [-0.1, -0.05) is 28.1 Å². The molecule has 0 saturated heterocycles. The summed E-state index contributed by atoms with van der Waals surface area (Å²) in [4.78, 5) is -0.305. The fourth-order valence-corrected chi connectivity index (χ4v) is 3.41. The van der Waals surface area contributed by atoms with E-state index in [0.29, 0.717) is 11.3 Å². The maximum absolute atomic E-state index is 12.3. The highest BCUT2D eigenvalue weighted by Crippen LogP contribution is 2.21. The summed E-state index contributed by atoms with van der Waals surface area (Å²) in [6.07, 6.45) is 2.72. The van der Waals surface area contributed by atoms with Gasteiger partial charge in [-0.05, 0) is 36.2 Å². The Morgan fingerprint density at radius 1 is 1.43 bits per heavy atom. The number of furan rings is 1. The maximum atomic E-state index is 12.3. The molecule has 2 aromatic rings. The van der Waals surface area contributed by atoms with Gasteiger partial charge in [-0.15, -0.1) is 0 Å². The average Bonchev–Trinajstić information content (AvgIpc) is 2.80. The van der Waals surface area contributed by atoms with Crippen LogP contribution in [0.1, 0.15) is 16.9 Å². The number of allylic oxidation sites excluding steroid dienone is 1. The van der Waals surface area contributed by atoms with E-state index in [-0.39, 0.29) is 10.7 Å². The summed E-state index contributed by atoms with van der Waals surface area (Å²) in [5.74, 6) is 0.148. The molecular formula is C15H12BrNO3S. The minimum atomic E-state index is -3.72. The Morgan fingerprint density at radius 3 is 2.76 bits per heavy atom. The standard InChI is InChI=1S/C15H12BrNO3S/c1-11-5-6-20-15(11)8-14(9-17)21(18,19)10-12-3-2-4-13(16)7-12/h2-8H,10H2,1H3/b14-8-. The molecule has 0 aliphatic carbocycles. The summed E-state index contributed by atoms with van der Waals surface area (Å²) in [7, 11) is -3.72. The second kappa shape index (κ2) is 6.29. The topological polar surface area (TPSA) is 71.1 Å². The second-order valence-corrected chi connectivity index (χ2v) is 7.35. The average molecular weight is 366 g/mol. The zero-order valence-corrected chi connectivity index (χ0v) is 13.6. The van der Waals surface area contributed by atoms with Crippen molar-refractivity contribution in [2.45, 2.75) is 12.7 Å².